The van der Waals surface area contributed by atoms with E-state index in [1.165, 1.54) is 18.3 Å². The summed E-state index contributed by atoms with van der Waals surface area (Å²) in [6.07, 6.45) is 1.35. The molecule has 0 spiro atoms. The number of rotatable bonds is 1. The van der Waals surface area contributed by atoms with Gasteiger partial charge in [-0.1, -0.05) is 11.6 Å². The zero-order valence-electron chi connectivity index (χ0n) is 5.46. The van der Waals surface area contributed by atoms with Crippen LogP contribution in [-0.2, 0) is 8.74 Å². The maximum atomic E-state index is 11.1. The minimum atomic E-state index is -2.67. The summed E-state index contributed by atoms with van der Waals surface area (Å²) in [5.41, 5.74) is 0. The van der Waals surface area contributed by atoms with E-state index < -0.39 is 8.74 Å². The topological polar surface area (TPSA) is 30.0 Å². The first kappa shape index (κ1) is 8.84. The lowest BCUT2D eigenvalue weighted by atomic mass is 10.5. The van der Waals surface area contributed by atoms with Crippen molar-refractivity contribution in [3.63, 3.8) is 0 Å². The third-order valence-corrected chi connectivity index (χ3v) is 2.76. The minimum Gasteiger partial charge on any atom is -0.247 e. The van der Waals surface area contributed by atoms with Crippen LogP contribution >= 0.6 is 22.3 Å². The van der Waals surface area contributed by atoms with Crippen molar-refractivity contribution in [2.45, 2.75) is 4.90 Å². The van der Waals surface area contributed by atoms with Gasteiger partial charge in [0.1, 0.15) is 5.15 Å². The number of hydrogen-bond donors (Lipinski definition) is 0. The summed E-state index contributed by atoms with van der Waals surface area (Å²) in [7, 11) is 2.78. The molecule has 0 radical (unpaired) electrons. The van der Waals surface area contributed by atoms with E-state index in [2.05, 4.69) is 10.9 Å². The van der Waals surface area contributed by atoms with E-state index in [1.807, 2.05) is 0 Å². The van der Waals surface area contributed by atoms with Gasteiger partial charge in [-0.2, -0.15) is 0 Å². The molecule has 11 heavy (non-hydrogen) atoms. The molecule has 1 unspecified atom stereocenters. The van der Waals surface area contributed by atoms with Gasteiger partial charge in [0.05, 0.1) is 13.6 Å². The van der Waals surface area contributed by atoms with Gasteiger partial charge in [0.2, 0.25) is 0 Å². The zero-order valence-corrected chi connectivity index (χ0v) is 7.79. The second kappa shape index (κ2) is 3.01. The zero-order chi connectivity index (χ0) is 8.48. The summed E-state index contributed by atoms with van der Waals surface area (Å²) in [5, 5.41) is 0.342. The van der Waals surface area contributed by atoms with E-state index in [9.17, 15) is 4.21 Å². The average molecular weight is 210 g/mol. The molecule has 0 aromatic carbocycles. The van der Waals surface area contributed by atoms with E-state index in [1.54, 1.807) is 0 Å². The van der Waals surface area contributed by atoms with Gasteiger partial charge < -0.3 is 0 Å². The Hall–Kier alpha value is -0.250. The number of pyridine rings is 1. The van der Waals surface area contributed by atoms with Crippen molar-refractivity contribution in [2.24, 2.45) is 0 Å². The fourth-order valence-corrected chi connectivity index (χ4v) is 1.41. The Balaban J connectivity index is 3.20. The van der Waals surface area contributed by atoms with Crippen LogP contribution in [0.3, 0.4) is 0 Å². The molecule has 1 aromatic heterocycles. The van der Waals surface area contributed by atoms with Gasteiger partial charge in [0.25, 0.3) is 0 Å². The Morgan fingerprint density at radius 3 is 2.55 bits per heavy atom. The smallest absolute Gasteiger partial charge is 0.129 e. The molecule has 0 aliphatic carbocycles. The van der Waals surface area contributed by atoms with Gasteiger partial charge in [-0.25, -0.2) is 9.19 Å². The first-order valence-corrected chi connectivity index (χ1v) is 5.62. The molecule has 5 heteroatoms. The van der Waals surface area contributed by atoms with Gasteiger partial charge in [-0.05, 0) is 28.7 Å². The maximum absolute atomic E-state index is 11.1. The molecule has 1 aromatic rings. The van der Waals surface area contributed by atoms with E-state index >= 15 is 0 Å². The molecular weight excluding hydrogens is 205 g/mol. The maximum Gasteiger partial charge on any atom is 0.129 e. The lowest BCUT2D eigenvalue weighted by Crippen LogP contribution is -1.90. The molecule has 0 bridgehead atoms. The van der Waals surface area contributed by atoms with E-state index in [0.29, 0.717) is 10.0 Å². The SMILES string of the molecule is C=S(=O)(Cl)c1ccc(Cl)nc1. The Morgan fingerprint density at radius 1 is 1.55 bits per heavy atom. The normalized spacial score (nSPS) is 15.8. The standard InChI is InChI=1S/C6H5Cl2NOS/c1-11(8,10)5-2-3-6(7)9-4-5/h2-4H,1H2. The van der Waals surface area contributed by atoms with Gasteiger partial charge in [-0.15, -0.1) is 0 Å². The second-order valence-electron chi connectivity index (χ2n) is 1.91. The van der Waals surface area contributed by atoms with Crippen molar-refractivity contribution >= 4 is 36.9 Å². The molecule has 0 saturated carbocycles. The number of halogens is 2. The third kappa shape index (κ3) is 2.36. The molecule has 0 saturated heterocycles. The minimum absolute atomic E-state index is 0.342. The third-order valence-electron chi connectivity index (χ3n) is 1.05. The summed E-state index contributed by atoms with van der Waals surface area (Å²) in [6.45, 7) is 0. The summed E-state index contributed by atoms with van der Waals surface area (Å²) >= 11 is 5.49. The van der Waals surface area contributed by atoms with Crippen LogP contribution < -0.4 is 0 Å². The van der Waals surface area contributed by atoms with Crippen LogP contribution in [-0.4, -0.2) is 15.1 Å². The largest absolute Gasteiger partial charge is 0.247 e. The lowest BCUT2D eigenvalue weighted by Gasteiger charge is -1.97. The first-order chi connectivity index (χ1) is 5.00. The Bertz CT molecular complexity index is 343. The quantitative estimate of drug-likeness (QED) is 0.403. The molecule has 1 atom stereocenters. The van der Waals surface area contributed by atoms with Crippen LogP contribution in [0.25, 0.3) is 0 Å². The van der Waals surface area contributed by atoms with Crippen molar-refractivity contribution in [1.29, 1.82) is 0 Å². The average Bonchev–Trinajstić information content (AvgIpc) is 1.86. The van der Waals surface area contributed by atoms with Crippen LogP contribution in [0.15, 0.2) is 23.2 Å². The molecule has 0 fully saturated rings. The molecule has 0 amide bonds. The Labute approximate surface area is 74.7 Å². The molecule has 1 rings (SSSR count). The van der Waals surface area contributed by atoms with Crippen LogP contribution in [0.2, 0.25) is 5.15 Å². The van der Waals surface area contributed by atoms with Crippen LogP contribution in [0.4, 0.5) is 0 Å². The monoisotopic (exact) mass is 209 g/mol. The van der Waals surface area contributed by atoms with E-state index in [-0.39, 0.29) is 0 Å². The summed E-state index contributed by atoms with van der Waals surface area (Å²) in [5.74, 6) is 3.28. The number of nitrogens with zero attached hydrogens (tertiary/aromatic N) is 1. The van der Waals surface area contributed by atoms with Gasteiger partial charge >= 0.3 is 0 Å². The predicted octanol–water partition coefficient (Wildman–Crippen LogP) is 1.96. The molecule has 2 nitrogen and oxygen atoms in total. The van der Waals surface area contributed by atoms with Gasteiger partial charge in [0, 0.05) is 6.20 Å². The highest BCUT2D eigenvalue weighted by molar-refractivity contribution is 8.21. The summed E-state index contributed by atoms with van der Waals surface area (Å²) < 4.78 is 11.1. The fourth-order valence-electron chi connectivity index (χ4n) is 0.543. The summed E-state index contributed by atoms with van der Waals surface area (Å²) in [6, 6.07) is 3.06. The van der Waals surface area contributed by atoms with E-state index in [0.717, 1.165) is 0 Å². The molecule has 0 N–H and O–H groups in total. The van der Waals surface area contributed by atoms with Crippen molar-refractivity contribution in [3.8, 4) is 0 Å². The molecule has 60 valence electrons. The van der Waals surface area contributed by atoms with Crippen molar-refractivity contribution in [2.75, 3.05) is 0 Å². The van der Waals surface area contributed by atoms with Gasteiger partial charge in [0.15, 0.2) is 0 Å². The highest BCUT2D eigenvalue weighted by atomic mass is 35.7. The Kier molecular flexibility index (Phi) is 2.42. The molecule has 1 heterocycles. The molecule has 0 aliphatic rings. The highest BCUT2D eigenvalue weighted by Crippen LogP contribution is 2.14. The van der Waals surface area contributed by atoms with Crippen LogP contribution in [0, 0.1) is 0 Å². The van der Waals surface area contributed by atoms with Crippen molar-refractivity contribution in [1.82, 2.24) is 4.98 Å². The highest BCUT2D eigenvalue weighted by Gasteiger charge is 2.02. The van der Waals surface area contributed by atoms with Crippen LogP contribution in [0.5, 0.6) is 0 Å². The Morgan fingerprint density at radius 2 is 2.18 bits per heavy atom. The lowest BCUT2D eigenvalue weighted by molar-refractivity contribution is 0.689. The second-order valence-corrected chi connectivity index (χ2v) is 5.46. The number of aromatic nitrogens is 1. The van der Waals surface area contributed by atoms with Crippen molar-refractivity contribution < 1.29 is 4.21 Å². The van der Waals surface area contributed by atoms with E-state index in [4.69, 9.17) is 22.3 Å². The number of hydrogen-bond acceptors (Lipinski definition) is 2. The molecular formula is C6H5Cl2NOS. The molecule has 0 aliphatic heterocycles. The van der Waals surface area contributed by atoms with Crippen molar-refractivity contribution in [3.05, 3.63) is 23.5 Å². The predicted molar refractivity (Wildman–Crippen MR) is 48.6 cm³/mol. The summed E-state index contributed by atoms with van der Waals surface area (Å²) in [4.78, 5) is 4.10. The first-order valence-electron chi connectivity index (χ1n) is 2.68. The van der Waals surface area contributed by atoms with Gasteiger partial charge in [-0.3, -0.25) is 0 Å². The van der Waals surface area contributed by atoms with Crippen LogP contribution in [0.1, 0.15) is 0 Å². The fraction of sp³-hybridized carbons (Fsp3) is 0.